The fourth-order valence-corrected chi connectivity index (χ4v) is 6.44. The first-order valence-corrected chi connectivity index (χ1v) is 10.5. The van der Waals surface area contributed by atoms with E-state index in [4.69, 9.17) is 19.0 Å². The van der Waals surface area contributed by atoms with E-state index in [0.717, 1.165) is 32.6 Å². The third kappa shape index (κ3) is 5.81. The van der Waals surface area contributed by atoms with Crippen molar-refractivity contribution in [2.75, 3.05) is 52.5 Å². The second kappa shape index (κ2) is 10.4. The summed E-state index contributed by atoms with van der Waals surface area (Å²) in [5.41, 5.74) is 5.44. The van der Waals surface area contributed by atoms with Gasteiger partial charge in [0.05, 0.1) is 12.2 Å². The van der Waals surface area contributed by atoms with E-state index in [1.165, 1.54) is 0 Å². The van der Waals surface area contributed by atoms with Gasteiger partial charge in [-0.05, 0) is 27.2 Å². The molecular formula is C15H33N3O4Si. The zero-order valence-electron chi connectivity index (χ0n) is 15.0. The smallest absolute Gasteiger partial charge is 0.373 e. The van der Waals surface area contributed by atoms with E-state index in [0.29, 0.717) is 26.4 Å². The molecule has 1 aliphatic rings. The summed E-state index contributed by atoms with van der Waals surface area (Å²) >= 11 is 0. The van der Waals surface area contributed by atoms with Crippen LogP contribution in [0.5, 0.6) is 0 Å². The molecule has 1 atom stereocenters. The van der Waals surface area contributed by atoms with Crippen LogP contribution in [0, 0.1) is 0 Å². The quantitative estimate of drug-likeness (QED) is 0.547. The molecule has 1 unspecified atom stereocenters. The van der Waals surface area contributed by atoms with Crippen LogP contribution in [0.25, 0.3) is 0 Å². The highest BCUT2D eigenvalue weighted by atomic mass is 28.4. The minimum absolute atomic E-state index is 0.151. The van der Waals surface area contributed by atoms with E-state index < -0.39 is 8.80 Å². The molecule has 0 aliphatic carbocycles. The monoisotopic (exact) mass is 347 g/mol. The molecule has 1 aliphatic heterocycles. The average Bonchev–Trinajstić information content (AvgIpc) is 2.50. The van der Waals surface area contributed by atoms with Crippen molar-refractivity contribution < 1.29 is 18.1 Å². The van der Waals surface area contributed by atoms with Gasteiger partial charge in [-0.15, -0.1) is 0 Å². The molecule has 1 rings (SSSR count). The van der Waals surface area contributed by atoms with E-state index in [1.54, 1.807) is 0 Å². The van der Waals surface area contributed by atoms with Crippen molar-refractivity contribution >= 4 is 14.7 Å². The minimum Gasteiger partial charge on any atom is -0.373 e. The van der Waals surface area contributed by atoms with Gasteiger partial charge in [-0.1, -0.05) is 6.92 Å². The summed E-state index contributed by atoms with van der Waals surface area (Å²) in [5.74, 6) is -0.271. The number of nitrogens with zero attached hydrogens (tertiary/aromatic N) is 2. The Kier molecular flexibility index (Phi) is 9.26. The zero-order chi connectivity index (χ0) is 17.3. The summed E-state index contributed by atoms with van der Waals surface area (Å²) in [6.07, 6.45) is 0.919. The molecule has 136 valence electrons. The van der Waals surface area contributed by atoms with Crippen molar-refractivity contribution in [3.05, 3.63) is 0 Å². The highest BCUT2D eigenvalue weighted by molar-refractivity contribution is 6.62. The Bertz CT molecular complexity index is 335. The maximum absolute atomic E-state index is 11.1. The van der Waals surface area contributed by atoms with Crippen LogP contribution in [-0.4, -0.2) is 82.7 Å². The molecule has 23 heavy (non-hydrogen) atoms. The van der Waals surface area contributed by atoms with E-state index in [2.05, 4.69) is 16.7 Å². The van der Waals surface area contributed by atoms with Crippen LogP contribution in [0.2, 0.25) is 0 Å². The zero-order valence-corrected chi connectivity index (χ0v) is 16.0. The molecule has 0 bridgehead atoms. The normalized spacial score (nSPS) is 19.0. The van der Waals surface area contributed by atoms with Crippen molar-refractivity contribution in [2.24, 2.45) is 5.73 Å². The first-order chi connectivity index (χ1) is 11.0. The number of rotatable bonds is 11. The summed E-state index contributed by atoms with van der Waals surface area (Å²) in [7, 11) is -2.75. The van der Waals surface area contributed by atoms with Gasteiger partial charge in [0.15, 0.2) is 0 Å². The van der Waals surface area contributed by atoms with Gasteiger partial charge in [0.2, 0.25) is 5.91 Å². The molecule has 1 fully saturated rings. The molecule has 0 radical (unpaired) electrons. The van der Waals surface area contributed by atoms with Crippen molar-refractivity contribution in [3.8, 4) is 0 Å². The molecule has 1 amide bonds. The van der Waals surface area contributed by atoms with E-state index in [9.17, 15) is 4.79 Å². The van der Waals surface area contributed by atoms with Gasteiger partial charge in [-0.3, -0.25) is 14.6 Å². The summed E-state index contributed by atoms with van der Waals surface area (Å²) in [6.45, 7) is 13.6. The summed E-state index contributed by atoms with van der Waals surface area (Å²) in [5, 5.41) is 0. The molecule has 0 spiro atoms. The Morgan fingerprint density at radius 1 is 1.00 bits per heavy atom. The Labute approximate surface area is 141 Å². The summed E-state index contributed by atoms with van der Waals surface area (Å²) in [4.78, 5) is 15.6. The van der Waals surface area contributed by atoms with E-state index in [-0.39, 0.29) is 11.6 Å². The fourth-order valence-electron chi connectivity index (χ4n) is 3.20. The third-order valence-corrected chi connectivity index (χ3v) is 7.72. The topological polar surface area (TPSA) is 77.3 Å². The number of hydrogen-bond donors (Lipinski definition) is 1. The molecule has 2 N–H and O–H groups in total. The van der Waals surface area contributed by atoms with Gasteiger partial charge in [-0.2, -0.15) is 0 Å². The molecule has 1 saturated heterocycles. The average molecular weight is 348 g/mol. The Morgan fingerprint density at radius 2 is 1.48 bits per heavy atom. The second-order valence-electron chi connectivity index (χ2n) is 5.61. The van der Waals surface area contributed by atoms with Crippen LogP contribution in [-0.2, 0) is 18.1 Å². The molecule has 1 heterocycles. The van der Waals surface area contributed by atoms with Crippen LogP contribution in [0.3, 0.4) is 0 Å². The minimum atomic E-state index is -2.75. The Morgan fingerprint density at radius 3 is 1.83 bits per heavy atom. The lowest BCUT2D eigenvalue weighted by molar-refractivity contribution is -0.119. The van der Waals surface area contributed by atoms with Crippen LogP contribution in [0.1, 0.15) is 34.1 Å². The fraction of sp³-hybridized carbons (Fsp3) is 0.933. The van der Waals surface area contributed by atoms with Gasteiger partial charge in [0.25, 0.3) is 0 Å². The lowest BCUT2D eigenvalue weighted by atomic mass is 10.3. The standard InChI is InChI=1S/C15H33N3O4Si/c1-5-15(23(20-6-2,21-7-3)22-8-4)18-11-9-17(10-12-18)13-14(16)19/h15H,5-13H2,1-4H3,(H2,16,19). The molecule has 0 aromatic rings. The first-order valence-electron chi connectivity index (χ1n) is 8.69. The Balaban J connectivity index is 2.80. The van der Waals surface area contributed by atoms with Gasteiger partial charge >= 0.3 is 8.80 Å². The maximum atomic E-state index is 11.1. The molecule has 7 nitrogen and oxygen atoms in total. The molecular weight excluding hydrogens is 314 g/mol. The lowest BCUT2D eigenvalue weighted by Crippen LogP contribution is -2.65. The lowest BCUT2D eigenvalue weighted by Gasteiger charge is -2.44. The Hall–Kier alpha value is -0.513. The summed E-state index contributed by atoms with van der Waals surface area (Å²) in [6, 6.07) is 0. The van der Waals surface area contributed by atoms with Gasteiger partial charge in [0.1, 0.15) is 0 Å². The van der Waals surface area contributed by atoms with Crippen molar-refractivity contribution in [3.63, 3.8) is 0 Å². The second-order valence-corrected chi connectivity index (χ2v) is 8.34. The highest BCUT2D eigenvalue weighted by Crippen LogP contribution is 2.24. The van der Waals surface area contributed by atoms with Crippen LogP contribution in [0.15, 0.2) is 0 Å². The van der Waals surface area contributed by atoms with Gasteiger partial charge in [0, 0.05) is 46.0 Å². The molecule has 8 heteroatoms. The number of carbonyl (C=O) groups excluding carboxylic acids is 1. The maximum Gasteiger partial charge on any atom is 0.519 e. The van der Waals surface area contributed by atoms with Crippen molar-refractivity contribution in [1.29, 1.82) is 0 Å². The predicted octanol–water partition coefficient (Wildman–Crippen LogP) is 0.456. The number of primary amides is 1. The van der Waals surface area contributed by atoms with Crippen LogP contribution >= 0.6 is 0 Å². The largest absolute Gasteiger partial charge is 0.519 e. The van der Waals surface area contributed by atoms with E-state index >= 15 is 0 Å². The first kappa shape index (κ1) is 20.5. The van der Waals surface area contributed by atoms with Gasteiger partial charge < -0.3 is 19.0 Å². The number of nitrogens with two attached hydrogens (primary N) is 1. The van der Waals surface area contributed by atoms with Gasteiger partial charge in [-0.25, -0.2) is 0 Å². The molecule has 0 saturated carbocycles. The molecule has 0 aromatic carbocycles. The predicted molar refractivity (Wildman–Crippen MR) is 91.9 cm³/mol. The van der Waals surface area contributed by atoms with Crippen molar-refractivity contribution in [1.82, 2.24) is 9.80 Å². The number of amides is 1. The van der Waals surface area contributed by atoms with Crippen LogP contribution in [0.4, 0.5) is 0 Å². The third-order valence-electron chi connectivity index (χ3n) is 4.06. The number of hydrogen-bond acceptors (Lipinski definition) is 6. The van der Waals surface area contributed by atoms with Crippen LogP contribution < -0.4 is 5.73 Å². The van der Waals surface area contributed by atoms with E-state index in [1.807, 2.05) is 20.8 Å². The number of carbonyl (C=O) groups is 1. The summed E-state index contributed by atoms with van der Waals surface area (Å²) < 4.78 is 18.2. The van der Waals surface area contributed by atoms with Crippen molar-refractivity contribution in [2.45, 2.75) is 39.8 Å². The highest BCUT2D eigenvalue weighted by Gasteiger charge is 2.51. The number of piperazine rings is 1. The molecule has 0 aromatic heterocycles. The SMILES string of the molecule is CCO[Si](OCC)(OCC)C(CC)N1CCN(CC(N)=O)CC1.